The zero-order valence-corrected chi connectivity index (χ0v) is 16.0. The lowest BCUT2D eigenvalue weighted by Crippen LogP contribution is -1.99. The molecule has 1 aliphatic carbocycles. The molecule has 0 saturated heterocycles. The number of hydrogen-bond acceptors (Lipinski definition) is 6. The van der Waals surface area contributed by atoms with Gasteiger partial charge in [-0.25, -0.2) is 9.67 Å². The van der Waals surface area contributed by atoms with Crippen LogP contribution in [0.4, 0.5) is 5.69 Å². The number of anilines is 1. The van der Waals surface area contributed by atoms with Gasteiger partial charge in [-0.15, -0.1) is 10.2 Å². The van der Waals surface area contributed by atoms with Gasteiger partial charge in [-0.2, -0.15) is 5.10 Å². The number of nitrogen functional groups attached to an aromatic ring is 1. The molecule has 3 aromatic rings. The van der Waals surface area contributed by atoms with Crippen LogP contribution in [-0.2, 0) is 6.54 Å². The molecule has 1 fully saturated rings. The second-order valence-electron chi connectivity index (χ2n) is 6.65. The van der Waals surface area contributed by atoms with Crippen LogP contribution in [-0.4, -0.2) is 25.0 Å². The summed E-state index contributed by atoms with van der Waals surface area (Å²) < 4.78 is 1.83. The van der Waals surface area contributed by atoms with E-state index >= 15 is 0 Å². The highest BCUT2D eigenvalue weighted by Gasteiger charge is 2.16. The summed E-state index contributed by atoms with van der Waals surface area (Å²) in [5, 5.41) is 15.4. The molecule has 0 spiro atoms. The molecule has 0 amide bonds. The third kappa shape index (κ3) is 3.81. The van der Waals surface area contributed by atoms with Gasteiger partial charge in [0.1, 0.15) is 5.01 Å². The van der Waals surface area contributed by atoms with Gasteiger partial charge in [0, 0.05) is 18.7 Å². The summed E-state index contributed by atoms with van der Waals surface area (Å²) in [7, 11) is 0. The maximum absolute atomic E-state index is 6.25. The van der Waals surface area contributed by atoms with E-state index in [1.807, 2.05) is 11.6 Å². The predicted molar refractivity (Wildman–Crippen MR) is 104 cm³/mol. The molecule has 0 unspecified atom stereocenters. The Morgan fingerprint density at radius 1 is 1.12 bits per heavy atom. The molecule has 1 aliphatic rings. The maximum Gasteiger partial charge on any atom is 0.159 e. The average Bonchev–Trinajstić information content (AvgIpc) is 3.36. The van der Waals surface area contributed by atoms with Crippen LogP contribution in [0.1, 0.15) is 63.8 Å². The molecule has 3 aromatic heterocycles. The third-order valence-electron chi connectivity index (χ3n) is 4.42. The largest absolute Gasteiger partial charge is 0.397 e. The van der Waals surface area contributed by atoms with Gasteiger partial charge < -0.3 is 5.73 Å². The highest BCUT2D eigenvalue weighted by atomic mass is 32.1. The number of nitrogens with zero attached hydrogens (tertiary/aromatic N) is 5. The average molecular weight is 359 g/mol. The zero-order valence-electron chi connectivity index (χ0n) is 15.2. The van der Waals surface area contributed by atoms with E-state index in [1.165, 1.54) is 32.1 Å². The topological polar surface area (TPSA) is 82.5 Å². The molecule has 0 radical (unpaired) electrons. The molecule has 2 N–H and O–H groups in total. The van der Waals surface area contributed by atoms with E-state index in [9.17, 15) is 0 Å². The summed E-state index contributed by atoms with van der Waals surface area (Å²) in [6.45, 7) is 6.99. The standard InChI is InChI=1S/C13H16N6S.C5H10/c1-4-19-11-8(6-16-19)10(14)9(5-15-11)13-18-17-12(20-13)7(2)3;1-2-4-5-3-1/h5-7H,4H2,1-3H3,(H2,14,15);1-5H2. The van der Waals surface area contributed by atoms with Gasteiger partial charge >= 0.3 is 0 Å². The number of hydrogen-bond donors (Lipinski definition) is 1. The molecular formula is C18H26N6S. The molecule has 0 bridgehead atoms. The molecule has 0 aromatic carbocycles. The van der Waals surface area contributed by atoms with Crippen LogP contribution in [0.5, 0.6) is 0 Å². The number of aromatic nitrogens is 5. The Kier molecular flexibility index (Phi) is 5.63. The first-order valence-electron chi connectivity index (χ1n) is 9.05. The fourth-order valence-electron chi connectivity index (χ4n) is 2.91. The molecule has 3 heterocycles. The van der Waals surface area contributed by atoms with E-state index in [2.05, 4.69) is 34.1 Å². The van der Waals surface area contributed by atoms with E-state index in [-0.39, 0.29) is 0 Å². The van der Waals surface area contributed by atoms with Crippen LogP contribution < -0.4 is 5.73 Å². The number of rotatable bonds is 3. The van der Waals surface area contributed by atoms with Gasteiger partial charge in [-0.3, -0.25) is 0 Å². The molecule has 0 atom stereocenters. The highest BCUT2D eigenvalue weighted by Crippen LogP contribution is 2.34. The maximum atomic E-state index is 6.25. The van der Waals surface area contributed by atoms with Gasteiger partial charge in [0.15, 0.2) is 10.7 Å². The monoisotopic (exact) mass is 358 g/mol. The van der Waals surface area contributed by atoms with E-state index in [1.54, 1.807) is 23.7 Å². The molecule has 0 aliphatic heterocycles. The fraction of sp³-hybridized carbons (Fsp3) is 0.556. The number of nitrogens with two attached hydrogens (primary N) is 1. The molecule has 7 heteroatoms. The van der Waals surface area contributed by atoms with Gasteiger partial charge in [0.25, 0.3) is 0 Å². The lowest BCUT2D eigenvalue weighted by atomic mass is 10.2. The minimum Gasteiger partial charge on any atom is -0.397 e. The fourth-order valence-corrected chi connectivity index (χ4v) is 3.78. The Bertz CT molecular complexity index is 824. The van der Waals surface area contributed by atoms with E-state index < -0.39 is 0 Å². The predicted octanol–water partition coefficient (Wildman–Crippen LogP) is 4.63. The lowest BCUT2D eigenvalue weighted by molar-refractivity contribution is 0.677. The van der Waals surface area contributed by atoms with Crippen molar-refractivity contribution < 1.29 is 0 Å². The summed E-state index contributed by atoms with van der Waals surface area (Å²) in [4.78, 5) is 4.46. The zero-order chi connectivity index (χ0) is 17.8. The van der Waals surface area contributed by atoms with Crippen LogP contribution in [0, 0.1) is 0 Å². The van der Waals surface area contributed by atoms with Crippen molar-refractivity contribution in [3.63, 3.8) is 0 Å². The van der Waals surface area contributed by atoms with Crippen molar-refractivity contribution in [1.82, 2.24) is 25.0 Å². The van der Waals surface area contributed by atoms with Crippen LogP contribution in [0.25, 0.3) is 21.6 Å². The Morgan fingerprint density at radius 2 is 1.80 bits per heavy atom. The molecule has 4 rings (SSSR count). The second-order valence-corrected chi connectivity index (χ2v) is 7.66. The van der Waals surface area contributed by atoms with E-state index in [4.69, 9.17) is 5.73 Å². The van der Waals surface area contributed by atoms with Gasteiger partial charge in [-0.05, 0) is 6.92 Å². The smallest absolute Gasteiger partial charge is 0.159 e. The van der Waals surface area contributed by atoms with Crippen molar-refractivity contribution >= 4 is 28.1 Å². The van der Waals surface area contributed by atoms with Gasteiger partial charge in [0.2, 0.25) is 0 Å². The summed E-state index contributed by atoms with van der Waals surface area (Å²) in [5.41, 5.74) is 8.56. The van der Waals surface area contributed by atoms with Crippen LogP contribution in [0.2, 0.25) is 0 Å². The number of aryl methyl sites for hydroxylation is 1. The van der Waals surface area contributed by atoms with E-state index in [0.717, 1.165) is 33.2 Å². The first-order chi connectivity index (χ1) is 12.1. The molecule has 134 valence electrons. The molecular weight excluding hydrogens is 332 g/mol. The van der Waals surface area contributed by atoms with Crippen LogP contribution in [0.15, 0.2) is 12.4 Å². The van der Waals surface area contributed by atoms with Crippen molar-refractivity contribution in [3.05, 3.63) is 17.4 Å². The summed E-state index contributed by atoms with van der Waals surface area (Å²) in [6, 6.07) is 0. The Morgan fingerprint density at radius 3 is 2.36 bits per heavy atom. The quantitative estimate of drug-likeness (QED) is 0.738. The molecule has 25 heavy (non-hydrogen) atoms. The minimum atomic E-state index is 0.363. The highest BCUT2D eigenvalue weighted by molar-refractivity contribution is 7.14. The summed E-state index contributed by atoms with van der Waals surface area (Å²) in [5.74, 6) is 0.363. The minimum absolute atomic E-state index is 0.363. The van der Waals surface area contributed by atoms with Crippen LogP contribution >= 0.6 is 11.3 Å². The Labute approximate surface area is 152 Å². The second kappa shape index (κ2) is 7.91. The van der Waals surface area contributed by atoms with Gasteiger partial charge in [-0.1, -0.05) is 57.3 Å². The van der Waals surface area contributed by atoms with Crippen molar-refractivity contribution in [2.24, 2.45) is 0 Å². The first-order valence-corrected chi connectivity index (χ1v) is 9.87. The SMILES string of the molecule is C1CCCC1.CCn1ncc2c(N)c(-c3nnc(C(C)C)s3)cnc21. The summed E-state index contributed by atoms with van der Waals surface area (Å²) in [6.07, 6.45) is 11.0. The number of fused-ring (bicyclic) bond motifs is 1. The normalized spacial score (nSPS) is 14.1. The third-order valence-corrected chi connectivity index (χ3v) is 5.68. The Balaban J connectivity index is 0.000000314. The van der Waals surface area contributed by atoms with Gasteiger partial charge in [0.05, 0.1) is 22.8 Å². The summed E-state index contributed by atoms with van der Waals surface area (Å²) >= 11 is 1.56. The van der Waals surface area contributed by atoms with E-state index in [0.29, 0.717) is 11.6 Å². The van der Waals surface area contributed by atoms with Crippen molar-refractivity contribution in [2.45, 2.75) is 65.3 Å². The van der Waals surface area contributed by atoms with Crippen molar-refractivity contribution in [3.8, 4) is 10.6 Å². The van der Waals surface area contributed by atoms with Crippen molar-refractivity contribution in [1.29, 1.82) is 0 Å². The first kappa shape index (κ1) is 17.8. The molecule has 6 nitrogen and oxygen atoms in total. The van der Waals surface area contributed by atoms with Crippen LogP contribution in [0.3, 0.4) is 0 Å². The van der Waals surface area contributed by atoms with Crippen molar-refractivity contribution in [2.75, 3.05) is 5.73 Å². The lowest BCUT2D eigenvalue weighted by Gasteiger charge is -2.03. The molecule has 1 saturated carbocycles. The number of pyridine rings is 1. The Hall–Kier alpha value is -2.02.